The summed E-state index contributed by atoms with van der Waals surface area (Å²) in [6.45, 7) is 5.47. The highest BCUT2D eigenvalue weighted by atomic mass is 32.2. The van der Waals surface area contributed by atoms with Crippen LogP contribution in [0.15, 0.2) is 24.3 Å². The van der Waals surface area contributed by atoms with Crippen LogP contribution in [-0.4, -0.2) is 60.5 Å². The van der Waals surface area contributed by atoms with Gasteiger partial charge in [0, 0.05) is 35.8 Å². The molecule has 1 aromatic heterocycles. The zero-order valence-corrected chi connectivity index (χ0v) is 21.0. The lowest BCUT2D eigenvalue weighted by Crippen LogP contribution is -2.49. The third kappa shape index (κ3) is 4.16. The lowest BCUT2D eigenvalue weighted by atomic mass is 10.0. The van der Waals surface area contributed by atoms with Crippen molar-refractivity contribution < 1.29 is 17.9 Å². The van der Waals surface area contributed by atoms with Crippen LogP contribution in [0.25, 0.3) is 11.4 Å². The molecule has 10 heteroatoms. The van der Waals surface area contributed by atoms with Crippen LogP contribution in [-0.2, 0) is 26.7 Å². The molecule has 2 N–H and O–H groups in total. The van der Waals surface area contributed by atoms with Crippen molar-refractivity contribution in [2.75, 3.05) is 30.0 Å². The molecule has 0 radical (unpaired) electrons. The second-order valence-corrected chi connectivity index (χ2v) is 13.5. The number of sulfone groups is 1. The molecule has 2 aliphatic heterocycles. The number of carbonyl (C=O) groups is 1. The maximum atomic E-state index is 13.1. The SMILES string of the molecule is CC1(C)Cc2nc(-c3ccc(NC(=O)NC4CC4)cc3)nc(N3CCOCC34CC4)c2CS1(=O)=O. The Labute approximate surface area is 205 Å². The molecule has 3 heterocycles. The number of urea groups is 1. The fourth-order valence-corrected chi connectivity index (χ4v) is 6.39. The summed E-state index contributed by atoms with van der Waals surface area (Å²) in [6.07, 6.45) is 4.45. The van der Waals surface area contributed by atoms with Crippen molar-refractivity contribution in [3.8, 4) is 11.4 Å². The second kappa shape index (κ2) is 7.89. The Morgan fingerprint density at radius 2 is 1.89 bits per heavy atom. The summed E-state index contributed by atoms with van der Waals surface area (Å²) in [5.41, 5.74) is 2.97. The van der Waals surface area contributed by atoms with Crippen LogP contribution < -0.4 is 15.5 Å². The third-order valence-corrected chi connectivity index (χ3v) is 10.1. The first-order valence-electron chi connectivity index (χ1n) is 12.3. The molecule has 186 valence electrons. The Hall–Kier alpha value is -2.72. The highest BCUT2D eigenvalue weighted by Crippen LogP contribution is 2.48. The number of amides is 2. The van der Waals surface area contributed by atoms with Crippen molar-refractivity contribution >= 4 is 27.4 Å². The number of nitrogens with one attached hydrogen (secondary N) is 2. The average molecular weight is 498 g/mol. The van der Waals surface area contributed by atoms with Gasteiger partial charge in [-0.15, -0.1) is 0 Å². The van der Waals surface area contributed by atoms with E-state index in [1.807, 2.05) is 24.3 Å². The molecular formula is C25H31N5O4S. The highest BCUT2D eigenvalue weighted by Gasteiger charge is 2.52. The van der Waals surface area contributed by atoms with Crippen LogP contribution in [0.5, 0.6) is 0 Å². The molecule has 2 amide bonds. The van der Waals surface area contributed by atoms with Crippen molar-refractivity contribution in [1.82, 2.24) is 15.3 Å². The van der Waals surface area contributed by atoms with Gasteiger partial charge in [0.15, 0.2) is 15.7 Å². The Morgan fingerprint density at radius 3 is 2.57 bits per heavy atom. The number of nitrogens with zero attached hydrogens (tertiary/aromatic N) is 3. The summed E-state index contributed by atoms with van der Waals surface area (Å²) in [5.74, 6) is 1.26. The monoisotopic (exact) mass is 497 g/mol. The highest BCUT2D eigenvalue weighted by molar-refractivity contribution is 7.92. The van der Waals surface area contributed by atoms with Crippen molar-refractivity contribution in [2.45, 2.75) is 68.0 Å². The zero-order valence-electron chi connectivity index (χ0n) is 20.1. The summed E-state index contributed by atoms with van der Waals surface area (Å²) in [7, 11) is -3.34. The van der Waals surface area contributed by atoms with E-state index in [2.05, 4.69) is 15.5 Å². The molecule has 3 fully saturated rings. The molecule has 2 saturated carbocycles. The molecule has 2 aromatic rings. The molecule has 0 unspecified atom stereocenters. The van der Waals surface area contributed by atoms with E-state index in [-0.39, 0.29) is 17.3 Å². The van der Waals surface area contributed by atoms with Crippen molar-refractivity contribution in [3.63, 3.8) is 0 Å². The number of carbonyl (C=O) groups excluding carboxylic acids is 1. The standard InChI is InChI=1S/C25H31N5O4S/c1-24(2)13-20-19(14-35(24,32)33)22(30-11-12-34-15-25(30)9-10-25)29-21(28-20)16-3-5-17(6-4-16)26-23(31)27-18-7-8-18/h3-6,18H,7-15H2,1-2H3,(H2,26,27,31). The van der Waals surface area contributed by atoms with Crippen LogP contribution in [0.3, 0.4) is 0 Å². The van der Waals surface area contributed by atoms with Crippen LogP contribution >= 0.6 is 0 Å². The van der Waals surface area contributed by atoms with Crippen LogP contribution in [0, 0.1) is 0 Å². The van der Waals surface area contributed by atoms with Gasteiger partial charge in [-0.25, -0.2) is 23.2 Å². The predicted molar refractivity (Wildman–Crippen MR) is 133 cm³/mol. The van der Waals surface area contributed by atoms with Gasteiger partial charge in [-0.1, -0.05) is 0 Å². The van der Waals surface area contributed by atoms with Crippen LogP contribution in [0.1, 0.15) is 50.8 Å². The molecule has 35 heavy (non-hydrogen) atoms. The largest absolute Gasteiger partial charge is 0.377 e. The number of anilines is 2. The number of hydrogen-bond acceptors (Lipinski definition) is 7. The van der Waals surface area contributed by atoms with Gasteiger partial charge < -0.3 is 20.3 Å². The van der Waals surface area contributed by atoms with E-state index in [9.17, 15) is 13.2 Å². The molecule has 2 aliphatic carbocycles. The molecule has 4 aliphatic rings. The van der Waals surface area contributed by atoms with E-state index in [1.165, 1.54) is 0 Å². The van der Waals surface area contributed by atoms with Gasteiger partial charge in [0.25, 0.3) is 0 Å². The minimum absolute atomic E-state index is 0.0443. The van der Waals surface area contributed by atoms with Gasteiger partial charge in [-0.05, 0) is 63.8 Å². The number of hydrogen-bond donors (Lipinski definition) is 2. The number of fused-ring (bicyclic) bond motifs is 1. The summed E-state index contributed by atoms with van der Waals surface area (Å²) in [6, 6.07) is 7.58. The molecule has 1 spiro atoms. The molecule has 6 rings (SSSR count). The van der Waals surface area contributed by atoms with Gasteiger partial charge in [0.1, 0.15) is 5.82 Å². The topological polar surface area (TPSA) is 114 Å². The summed E-state index contributed by atoms with van der Waals surface area (Å²) >= 11 is 0. The van der Waals surface area contributed by atoms with Crippen LogP contribution in [0.4, 0.5) is 16.3 Å². The lowest BCUT2D eigenvalue weighted by molar-refractivity contribution is 0.0859. The number of morpholine rings is 1. The Balaban J connectivity index is 1.37. The summed E-state index contributed by atoms with van der Waals surface area (Å²) in [4.78, 5) is 24.2. The van der Waals surface area contributed by atoms with Crippen molar-refractivity contribution in [2.24, 2.45) is 0 Å². The Bertz CT molecular complexity index is 1280. The Morgan fingerprint density at radius 1 is 1.14 bits per heavy atom. The number of rotatable bonds is 4. The number of ether oxygens (including phenoxy) is 1. The minimum atomic E-state index is -3.34. The smallest absolute Gasteiger partial charge is 0.319 e. The Kier molecular flexibility index (Phi) is 5.12. The van der Waals surface area contributed by atoms with E-state index in [0.717, 1.165) is 48.3 Å². The van der Waals surface area contributed by atoms with E-state index >= 15 is 0 Å². The normalized spacial score (nSPS) is 23.4. The molecule has 9 nitrogen and oxygen atoms in total. The van der Waals surface area contributed by atoms with Gasteiger partial charge >= 0.3 is 6.03 Å². The quantitative estimate of drug-likeness (QED) is 0.667. The van der Waals surface area contributed by atoms with Crippen molar-refractivity contribution in [1.29, 1.82) is 0 Å². The fourth-order valence-electron chi connectivity index (χ4n) is 4.97. The van der Waals surface area contributed by atoms with Gasteiger partial charge in [0.05, 0.1) is 34.9 Å². The van der Waals surface area contributed by atoms with Crippen LogP contribution in [0.2, 0.25) is 0 Å². The summed E-state index contributed by atoms with van der Waals surface area (Å²) < 4.78 is 31.1. The van der Waals surface area contributed by atoms with E-state index in [0.29, 0.717) is 43.7 Å². The number of benzene rings is 1. The molecule has 1 saturated heterocycles. The third-order valence-electron chi connectivity index (χ3n) is 7.64. The maximum Gasteiger partial charge on any atom is 0.319 e. The van der Waals surface area contributed by atoms with Gasteiger partial charge in [-0.2, -0.15) is 0 Å². The lowest BCUT2D eigenvalue weighted by Gasteiger charge is -2.40. The van der Waals surface area contributed by atoms with Gasteiger partial charge in [0.2, 0.25) is 0 Å². The first-order valence-corrected chi connectivity index (χ1v) is 14.0. The average Bonchev–Trinajstić information content (AvgIpc) is 3.74. The molecular weight excluding hydrogens is 466 g/mol. The van der Waals surface area contributed by atoms with E-state index in [1.54, 1.807) is 13.8 Å². The molecule has 1 aromatic carbocycles. The second-order valence-electron chi connectivity index (χ2n) is 10.9. The first kappa shape index (κ1) is 22.7. The predicted octanol–water partition coefficient (Wildman–Crippen LogP) is 3.05. The van der Waals surface area contributed by atoms with E-state index < -0.39 is 14.6 Å². The molecule has 0 atom stereocenters. The first-order chi connectivity index (χ1) is 16.7. The number of aromatic nitrogens is 2. The van der Waals surface area contributed by atoms with E-state index in [4.69, 9.17) is 14.7 Å². The molecule has 0 bridgehead atoms. The zero-order chi connectivity index (χ0) is 24.4. The van der Waals surface area contributed by atoms with Gasteiger partial charge in [-0.3, -0.25) is 0 Å². The maximum absolute atomic E-state index is 13.1. The summed E-state index contributed by atoms with van der Waals surface area (Å²) in [5, 5.41) is 5.78. The fraction of sp³-hybridized carbons (Fsp3) is 0.560. The van der Waals surface area contributed by atoms with Crippen molar-refractivity contribution in [3.05, 3.63) is 35.5 Å². The minimum Gasteiger partial charge on any atom is -0.377 e.